The molecular weight excluding hydrogens is 332 g/mol. The van der Waals surface area contributed by atoms with Crippen LogP contribution in [-0.4, -0.2) is 30.6 Å². The lowest BCUT2D eigenvalue weighted by Crippen LogP contribution is -2.60. The number of aromatic amines is 1. The minimum absolute atomic E-state index is 0.0907. The zero-order valence-corrected chi connectivity index (χ0v) is 13.7. The van der Waals surface area contributed by atoms with Gasteiger partial charge in [-0.2, -0.15) is 4.98 Å². The van der Waals surface area contributed by atoms with Crippen molar-refractivity contribution in [2.75, 3.05) is 0 Å². The van der Waals surface area contributed by atoms with Gasteiger partial charge in [-0.05, 0) is 62.0 Å². The average Bonchev–Trinajstić information content (AvgIpc) is 2.81. The molecule has 24 heavy (non-hydrogen) atoms. The van der Waals surface area contributed by atoms with Crippen molar-refractivity contribution < 1.29 is 9.90 Å². The summed E-state index contributed by atoms with van der Waals surface area (Å²) < 4.78 is 1.69. The average molecular weight is 349 g/mol. The largest absolute Gasteiger partial charge is 0.481 e. The van der Waals surface area contributed by atoms with E-state index in [-0.39, 0.29) is 11.0 Å². The zero-order valence-electron chi connectivity index (χ0n) is 13.0. The quantitative estimate of drug-likeness (QED) is 0.810. The van der Waals surface area contributed by atoms with Gasteiger partial charge in [0.1, 0.15) is 5.52 Å². The van der Waals surface area contributed by atoms with Gasteiger partial charge in [0.2, 0.25) is 5.28 Å². The molecule has 4 saturated carbocycles. The first kappa shape index (κ1) is 14.5. The standard InChI is InChI=1S/C16H17ClN4O3/c17-13-18-6-10-11(20-13)21(14(24)19-10)16-4-8-1-9(5-16)3-15(2-8,7-16)12(22)23/h6,8-9H,1-5,7H2,(H,19,24)(H,22,23). The van der Waals surface area contributed by atoms with Gasteiger partial charge in [0, 0.05) is 0 Å². The van der Waals surface area contributed by atoms with E-state index >= 15 is 0 Å². The molecule has 0 saturated heterocycles. The number of imidazole rings is 1. The monoisotopic (exact) mass is 348 g/mol. The second-order valence-corrected chi connectivity index (χ2v) is 8.25. The number of hydrogen-bond acceptors (Lipinski definition) is 4. The van der Waals surface area contributed by atoms with E-state index in [1.807, 2.05) is 0 Å². The smallest absolute Gasteiger partial charge is 0.328 e. The molecular formula is C16H17ClN4O3. The van der Waals surface area contributed by atoms with Crippen LogP contribution in [0.1, 0.15) is 38.5 Å². The molecule has 4 aliphatic rings. The molecule has 6 rings (SSSR count). The van der Waals surface area contributed by atoms with Crippen LogP contribution in [0.3, 0.4) is 0 Å². The Morgan fingerprint density at radius 3 is 2.71 bits per heavy atom. The van der Waals surface area contributed by atoms with Gasteiger partial charge in [-0.1, -0.05) is 0 Å². The fourth-order valence-corrected chi connectivity index (χ4v) is 6.17. The number of hydrogen-bond donors (Lipinski definition) is 2. The van der Waals surface area contributed by atoms with Crippen LogP contribution >= 0.6 is 11.6 Å². The lowest BCUT2D eigenvalue weighted by Gasteiger charge is -2.60. The van der Waals surface area contributed by atoms with E-state index in [2.05, 4.69) is 15.0 Å². The summed E-state index contributed by atoms with van der Waals surface area (Å²) in [7, 11) is 0. The fraction of sp³-hybridized carbons (Fsp3) is 0.625. The Labute approximate surface area is 142 Å². The number of nitrogens with zero attached hydrogens (tertiary/aromatic N) is 3. The molecule has 2 N–H and O–H groups in total. The molecule has 2 aromatic rings. The lowest BCUT2D eigenvalue weighted by molar-refractivity contribution is -0.172. The van der Waals surface area contributed by atoms with Gasteiger partial charge in [0.25, 0.3) is 0 Å². The highest BCUT2D eigenvalue weighted by Crippen LogP contribution is 2.64. The number of carboxylic acid groups (broad SMARTS) is 1. The van der Waals surface area contributed by atoms with E-state index in [1.165, 1.54) is 6.20 Å². The maximum absolute atomic E-state index is 12.7. The van der Waals surface area contributed by atoms with Crippen molar-refractivity contribution in [2.45, 2.75) is 44.1 Å². The molecule has 2 atom stereocenters. The zero-order chi connectivity index (χ0) is 16.7. The van der Waals surface area contributed by atoms with Gasteiger partial charge in [0.05, 0.1) is 17.2 Å². The lowest BCUT2D eigenvalue weighted by atomic mass is 9.46. The van der Waals surface area contributed by atoms with Crippen LogP contribution < -0.4 is 5.69 Å². The van der Waals surface area contributed by atoms with Crippen molar-refractivity contribution in [3.63, 3.8) is 0 Å². The third-order valence-corrected chi connectivity index (χ3v) is 6.54. The number of carboxylic acids is 1. The Balaban J connectivity index is 1.75. The summed E-state index contributed by atoms with van der Waals surface area (Å²) in [6.45, 7) is 0. The topological polar surface area (TPSA) is 101 Å². The number of rotatable bonds is 2. The Hall–Kier alpha value is -1.89. The molecule has 2 heterocycles. The second kappa shape index (κ2) is 4.39. The van der Waals surface area contributed by atoms with E-state index in [1.54, 1.807) is 4.57 Å². The third kappa shape index (κ3) is 1.73. The SMILES string of the molecule is O=C(O)C12CC3CC(C1)CC(n1c(=O)[nH]c4cnc(Cl)nc41)(C3)C2. The highest BCUT2D eigenvalue weighted by molar-refractivity contribution is 6.28. The van der Waals surface area contributed by atoms with Gasteiger partial charge >= 0.3 is 11.7 Å². The highest BCUT2D eigenvalue weighted by Gasteiger charge is 2.62. The van der Waals surface area contributed by atoms with Crippen molar-refractivity contribution in [3.05, 3.63) is 22.0 Å². The van der Waals surface area contributed by atoms with E-state index in [0.717, 1.165) is 32.1 Å². The van der Waals surface area contributed by atoms with E-state index in [0.29, 0.717) is 29.4 Å². The summed E-state index contributed by atoms with van der Waals surface area (Å²) in [5, 5.41) is 9.97. The van der Waals surface area contributed by atoms with Crippen molar-refractivity contribution in [1.29, 1.82) is 0 Å². The van der Waals surface area contributed by atoms with Gasteiger partial charge in [-0.15, -0.1) is 0 Å². The third-order valence-electron chi connectivity index (χ3n) is 6.35. The van der Waals surface area contributed by atoms with Crippen LogP contribution in [-0.2, 0) is 10.3 Å². The molecule has 2 aromatic heterocycles. The van der Waals surface area contributed by atoms with Crippen LogP contribution in [0, 0.1) is 17.3 Å². The molecule has 4 fully saturated rings. The molecule has 7 nitrogen and oxygen atoms in total. The first-order chi connectivity index (χ1) is 11.4. The number of H-pyrrole nitrogens is 1. The number of halogens is 1. The highest BCUT2D eigenvalue weighted by atomic mass is 35.5. The van der Waals surface area contributed by atoms with Crippen molar-refractivity contribution in [2.24, 2.45) is 17.3 Å². The Morgan fingerprint density at radius 2 is 2.04 bits per heavy atom. The van der Waals surface area contributed by atoms with E-state index < -0.39 is 16.9 Å². The molecule has 2 unspecified atom stereocenters. The molecule has 4 bridgehead atoms. The Kier molecular flexibility index (Phi) is 2.64. The molecule has 0 spiro atoms. The molecule has 0 amide bonds. The van der Waals surface area contributed by atoms with Crippen LogP contribution in [0.25, 0.3) is 11.2 Å². The summed E-state index contributed by atoms with van der Waals surface area (Å²) >= 11 is 5.94. The summed E-state index contributed by atoms with van der Waals surface area (Å²) in [5.41, 5.74) is -0.393. The number of carbonyl (C=O) groups is 1. The van der Waals surface area contributed by atoms with Crippen molar-refractivity contribution in [3.8, 4) is 0 Å². The number of aliphatic carboxylic acids is 1. The number of aromatic nitrogens is 4. The van der Waals surface area contributed by atoms with Crippen molar-refractivity contribution >= 4 is 28.7 Å². The predicted molar refractivity (Wildman–Crippen MR) is 85.9 cm³/mol. The molecule has 0 aliphatic heterocycles. The van der Waals surface area contributed by atoms with Gasteiger partial charge < -0.3 is 10.1 Å². The minimum atomic E-state index is -0.721. The molecule has 4 aliphatic carbocycles. The van der Waals surface area contributed by atoms with Gasteiger partial charge in [0.15, 0.2) is 5.65 Å². The van der Waals surface area contributed by atoms with Crippen LogP contribution in [0.4, 0.5) is 0 Å². The molecule has 8 heteroatoms. The minimum Gasteiger partial charge on any atom is -0.481 e. The summed E-state index contributed by atoms with van der Waals surface area (Å²) in [6.07, 6.45) is 6.22. The van der Waals surface area contributed by atoms with Crippen molar-refractivity contribution in [1.82, 2.24) is 19.5 Å². The fourth-order valence-electron chi connectivity index (χ4n) is 6.04. The van der Waals surface area contributed by atoms with Gasteiger partial charge in [-0.25, -0.2) is 9.78 Å². The Morgan fingerprint density at radius 1 is 1.33 bits per heavy atom. The molecule has 126 valence electrons. The summed E-state index contributed by atoms with van der Waals surface area (Å²) in [5.74, 6) is -0.00505. The van der Waals surface area contributed by atoms with Crippen LogP contribution in [0.15, 0.2) is 11.0 Å². The number of fused-ring (bicyclic) bond motifs is 1. The normalized spacial score (nSPS) is 37.2. The predicted octanol–water partition coefficient (Wildman–Crippen LogP) is 2.15. The first-order valence-corrected chi connectivity index (χ1v) is 8.66. The maximum Gasteiger partial charge on any atom is 0.328 e. The van der Waals surface area contributed by atoms with Gasteiger partial charge in [-0.3, -0.25) is 9.36 Å². The maximum atomic E-state index is 12.7. The first-order valence-electron chi connectivity index (χ1n) is 8.28. The summed E-state index contributed by atoms with van der Waals surface area (Å²) in [4.78, 5) is 35.7. The van der Waals surface area contributed by atoms with E-state index in [9.17, 15) is 14.7 Å². The van der Waals surface area contributed by atoms with Crippen LogP contribution in [0.2, 0.25) is 5.28 Å². The molecule has 0 radical (unpaired) electrons. The Bertz CT molecular complexity index is 919. The second-order valence-electron chi connectivity index (χ2n) is 7.91. The molecule has 0 aromatic carbocycles. The van der Waals surface area contributed by atoms with Crippen LogP contribution in [0.5, 0.6) is 0 Å². The summed E-state index contributed by atoms with van der Waals surface area (Å²) in [6, 6.07) is 0. The number of nitrogens with one attached hydrogen (secondary N) is 1. The van der Waals surface area contributed by atoms with E-state index in [4.69, 9.17) is 11.6 Å².